The number of fused-ring (bicyclic) bond motifs is 1. The molecule has 0 fully saturated rings. The number of hydrogen-bond acceptors (Lipinski definition) is 3. The molecule has 1 amide bonds. The minimum atomic E-state index is -4.93. The zero-order valence-electron chi connectivity index (χ0n) is 17.1. The van der Waals surface area contributed by atoms with Crippen molar-refractivity contribution in [2.24, 2.45) is 0 Å². The van der Waals surface area contributed by atoms with E-state index < -0.39 is 29.4 Å². The van der Waals surface area contributed by atoms with Crippen molar-refractivity contribution in [3.05, 3.63) is 74.7 Å². The second kappa shape index (κ2) is 7.93. The van der Waals surface area contributed by atoms with E-state index in [1.165, 1.54) is 13.0 Å². The number of rotatable bonds is 4. The van der Waals surface area contributed by atoms with Gasteiger partial charge in [0, 0.05) is 6.54 Å². The fourth-order valence-corrected chi connectivity index (χ4v) is 3.19. The van der Waals surface area contributed by atoms with Gasteiger partial charge in [0.05, 0.1) is 11.0 Å². The lowest BCUT2D eigenvalue weighted by molar-refractivity contribution is -0.142. The molecule has 0 bridgehead atoms. The molecule has 3 rings (SSSR count). The molecule has 1 N–H and O–H groups in total. The SMILES string of the molecule is Cc1ccc(CNC(=O)[C@H](C)n2c(=O)c(C(F)(F)F)nc3cc(C)c(C)cc32)cc1. The molecule has 0 radical (unpaired) electrons. The molecule has 3 aromatic rings. The topological polar surface area (TPSA) is 64.0 Å². The second-order valence-corrected chi connectivity index (χ2v) is 7.44. The number of benzene rings is 2. The van der Waals surface area contributed by atoms with Crippen molar-refractivity contribution >= 4 is 16.9 Å². The van der Waals surface area contributed by atoms with Crippen LogP contribution in [0.5, 0.6) is 0 Å². The van der Waals surface area contributed by atoms with Gasteiger partial charge in [-0.2, -0.15) is 13.2 Å². The Bertz CT molecular complexity index is 1170. The molecule has 158 valence electrons. The number of aryl methyl sites for hydroxylation is 3. The zero-order valence-corrected chi connectivity index (χ0v) is 17.1. The summed E-state index contributed by atoms with van der Waals surface area (Å²) in [6.45, 7) is 7.07. The van der Waals surface area contributed by atoms with Crippen molar-refractivity contribution in [1.29, 1.82) is 0 Å². The van der Waals surface area contributed by atoms with E-state index in [4.69, 9.17) is 0 Å². The second-order valence-electron chi connectivity index (χ2n) is 7.44. The molecule has 2 aromatic carbocycles. The van der Waals surface area contributed by atoms with Gasteiger partial charge in [-0.15, -0.1) is 0 Å². The average molecular weight is 417 g/mol. The standard InChI is InChI=1S/C22H22F3N3O2/c1-12-5-7-16(8-6-12)11-26-20(29)15(4)28-18-10-14(3)13(2)9-17(18)27-19(21(28)30)22(23,24)25/h5-10,15H,11H2,1-4H3,(H,26,29)/t15-/m0/s1. The molecule has 1 heterocycles. The highest BCUT2D eigenvalue weighted by atomic mass is 19.4. The first-order valence-electron chi connectivity index (χ1n) is 9.43. The van der Waals surface area contributed by atoms with Crippen LogP contribution in [-0.2, 0) is 17.5 Å². The van der Waals surface area contributed by atoms with Gasteiger partial charge < -0.3 is 5.32 Å². The monoisotopic (exact) mass is 417 g/mol. The summed E-state index contributed by atoms with van der Waals surface area (Å²) >= 11 is 0. The first kappa shape index (κ1) is 21.5. The van der Waals surface area contributed by atoms with Crippen LogP contribution in [0, 0.1) is 20.8 Å². The van der Waals surface area contributed by atoms with Crippen LogP contribution in [0.1, 0.15) is 40.9 Å². The quantitative estimate of drug-likeness (QED) is 0.692. The number of halogens is 3. The number of hydrogen-bond donors (Lipinski definition) is 1. The highest BCUT2D eigenvalue weighted by Gasteiger charge is 2.38. The lowest BCUT2D eigenvalue weighted by Gasteiger charge is -2.20. The average Bonchev–Trinajstić information content (AvgIpc) is 2.67. The molecular weight excluding hydrogens is 395 g/mol. The van der Waals surface area contributed by atoms with Crippen molar-refractivity contribution in [2.75, 3.05) is 0 Å². The Morgan fingerprint density at radius 3 is 2.30 bits per heavy atom. The number of nitrogens with one attached hydrogen (secondary N) is 1. The first-order chi connectivity index (χ1) is 14.0. The molecule has 5 nitrogen and oxygen atoms in total. The normalized spacial score (nSPS) is 12.8. The lowest BCUT2D eigenvalue weighted by atomic mass is 10.1. The maximum Gasteiger partial charge on any atom is 0.438 e. The number of nitrogens with zero attached hydrogens (tertiary/aromatic N) is 2. The number of aromatic nitrogens is 2. The van der Waals surface area contributed by atoms with Crippen LogP contribution in [0.15, 0.2) is 41.2 Å². The van der Waals surface area contributed by atoms with Gasteiger partial charge in [-0.25, -0.2) is 4.98 Å². The summed E-state index contributed by atoms with van der Waals surface area (Å²) in [5.41, 5.74) is 0.772. The van der Waals surface area contributed by atoms with Gasteiger partial charge in [-0.3, -0.25) is 14.2 Å². The lowest BCUT2D eigenvalue weighted by Crippen LogP contribution is -2.39. The summed E-state index contributed by atoms with van der Waals surface area (Å²) in [7, 11) is 0. The molecule has 0 saturated heterocycles. The molecule has 1 aromatic heterocycles. The fraction of sp³-hybridized carbons (Fsp3) is 0.318. The summed E-state index contributed by atoms with van der Waals surface area (Å²) in [5, 5.41) is 2.69. The number of carbonyl (C=O) groups excluding carboxylic acids is 1. The van der Waals surface area contributed by atoms with Crippen LogP contribution in [0.2, 0.25) is 0 Å². The smallest absolute Gasteiger partial charge is 0.350 e. The van der Waals surface area contributed by atoms with E-state index >= 15 is 0 Å². The first-order valence-corrected chi connectivity index (χ1v) is 9.43. The van der Waals surface area contributed by atoms with Gasteiger partial charge >= 0.3 is 6.18 Å². The minimum Gasteiger partial charge on any atom is -0.350 e. The Balaban J connectivity index is 2.04. The molecule has 1 atom stereocenters. The molecule has 0 unspecified atom stereocenters. The minimum absolute atomic E-state index is 0.0169. The van der Waals surface area contributed by atoms with E-state index in [1.54, 1.807) is 19.9 Å². The zero-order chi connectivity index (χ0) is 22.2. The van der Waals surface area contributed by atoms with Crippen molar-refractivity contribution in [3.63, 3.8) is 0 Å². The number of carbonyl (C=O) groups is 1. The third-order valence-electron chi connectivity index (χ3n) is 5.13. The Morgan fingerprint density at radius 2 is 1.70 bits per heavy atom. The van der Waals surface area contributed by atoms with Crippen molar-refractivity contribution in [3.8, 4) is 0 Å². The van der Waals surface area contributed by atoms with Crippen LogP contribution in [0.4, 0.5) is 13.2 Å². The van der Waals surface area contributed by atoms with E-state index in [0.717, 1.165) is 26.8 Å². The molecule has 0 spiro atoms. The number of amides is 1. The van der Waals surface area contributed by atoms with E-state index in [2.05, 4.69) is 10.3 Å². The molecule has 0 aliphatic rings. The number of alkyl halides is 3. The fourth-order valence-electron chi connectivity index (χ4n) is 3.19. The molecular formula is C22H22F3N3O2. The van der Waals surface area contributed by atoms with Crippen molar-refractivity contribution < 1.29 is 18.0 Å². The molecule has 8 heteroatoms. The molecule has 30 heavy (non-hydrogen) atoms. The highest BCUT2D eigenvalue weighted by Crippen LogP contribution is 2.28. The Hall–Kier alpha value is -3.16. The maximum atomic E-state index is 13.4. The van der Waals surface area contributed by atoms with Gasteiger partial charge in [0.2, 0.25) is 11.6 Å². The van der Waals surface area contributed by atoms with E-state index in [1.807, 2.05) is 31.2 Å². The van der Waals surface area contributed by atoms with Crippen LogP contribution in [-0.4, -0.2) is 15.5 Å². The van der Waals surface area contributed by atoms with Gasteiger partial charge in [0.1, 0.15) is 6.04 Å². The van der Waals surface area contributed by atoms with Crippen molar-refractivity contribution in [1.82, 2.24) is 14.9 Å². The Labute approximate surface area is 171 Å². The van der Waals surface area contributed by atoms with E-state index in [0.29, 0.717) is 0 Å². The van der Waals surface area contributed by atoms with Gasteiger partial charge in [0.15, 0.2) is 0 Å². The van der Waals surface area contributed by atoms with Crippen LogP contribution < -0.4 is 10.9 Å². The van der Waals surface area contributed by atoms with Gasteiger partial charge in [-0.05, 0) is 56.5 Å². The summed E-state index contributed by atoms with van der Waals surface area (Å²) < 4.78 is 41.2. The Morgan fingerprint density at radius 1 is 1.10 bits per heavy atom. The van der Waals surface area contributed by atoms with E-state index in [9.17, 15) is 22.8 Å². The summed E-state index contributed by atoms with van der Waals surface area (Å²) in [6, 6.07) is 9.41. The predicted octanol–water partition coefficient (Wildman–Crippen LogP) is 4.22. The summed E-state index contributed by atoms with van der Waals surface area (Å²) in [6.07, 6.45) is -4.93. The third kappa shape index (κ3) is 4.22. The van der Waals surface area contributed by atoms with Crippen molar-refractivity contribution in [2.45, 2.75) is 46.5 Å². The largest absolute Gasteiger partial charge is 0.438 e. The highest BCUT2D eigenvalue weighted by molar-refractivity contribution is 5.84. The molecule has 0 aliphatic heterocycles. The maximum absolute atomic E-state index is 13.4. The Kier molecular flexibility index (Phi) is 5.70. The van der Waals surface area contributed by atoms with Gasteiger partial charge in [0.25, 0.3) is 5.56 Å². The van der Waals surface area contributed by atoms with E-state index in [-0.39, 0.29) is 17.6 Å². The molecule has 0 saturated carbocycles. The summed E-state index contributed by atoms with van der Waals surface area (Å²) in [4.78, 5) is 29.0. The summed E-state index contributed by atoms with van der Waals surface area (Å²) in [5.74, 6) is -0.559. The third-order valence-corrected chi connectivity index (χ3v) is 5.13. The van der Waals surface area contributed by atoms with Gasteiger partial charge in [-0.1, -0.05) is 29.8 Å². The molecule has 0 aliphatic carbocycles. The van der Waals surface area contributed by atoms with Crippen LogP contribution >= 0.6 is 0 Å². The van der Waals surface area contributed by atoms with Crippen LogP contribution in [0.3, 0.4) is 0 Å². The predicted molar refractivity (Wildman–Crippen MR) is 108 cm³/mol. The van der Waals surface area contributed by atoms with Crippen LogP contribution in [0.25, 0.3) is 11.0 Å².